The van der Waals surface area contributed by atoms with Crippen LogP contribution in [0.1, 0.15) is 35.4 Å². The molecule has 6 rings (SSSR count). The number of para-hydroxylation sites is 1. The zero-order valence-electron chi connectivity index (χ0n) is 17.1. The lowest BCUT2D eigenvalue weighted by atomic mass is 9.89. The van der Waals surface area contributed by atoms with Crippen LogP contribution < -0.4 is 15.0 Å². The van der Waals surface area contributed by atoms with Crippen molar-refractivity contribution in [2.24, 2.45) is 0 Å². The Morgan fingerprint density at radius 3 is 3.10 bits per heavy atom. The van der Waals surface area contributed by atoms with E-state index in [1.165, 1.54) is 16.8 Å². The molecule has 0 aliphatic carbocycles. The first-order valence-corrected chi connectivity index (χ1v) is 11.1. The van der Waals surface area contributed by atoms with E-state index >= 15 is 0 Å². The van der Waals surface area contributed by atoms with Crippen molar-refractivity contribution in [1.82, 2.24) is 4.90 Å². The molecular weight excluding hydrogens is 378 g/mol. The summed E-state index contributed by atoms with van der Waals surface area (Å²) >= 11 is 0. The van der Waals surface area contributed by atoms with Gasteiger partial charge in [-0.2, -0.15) is 0 Å². The summed E-state index contributed by atoms with van der Waals surface area (Å²) in [5.41, 5.74) is 5.82. The number of hydrogen-bond donors (Lipinski definition) is 2. The van der Waals surface area contributed by atoms with Crippen LogP contribution in [0.5, 0.6) is 11.5 Å². The molecule has 4 heterocycles. The van der Waals surface area contributed by atoms with Gasteiger partial charge < -0.3 is 25.0 Å². The number of rotatable bonds is 4. The van der Waals surface area contributed by atoms with E-state index in [1.807, 2.05) is 18.2 Å². The van der Waals surface area contributed by atoms with Crippen molar-refractivity contribution >= 4 is 17.3 Å². The topological polar surface area (TPSA) is 65.0 Å². The number of nitrogens with one attached hydrogen (secondary N) is 1. The van der Waals surface area contributed by atoms with Gasteiger partial charge in [-0.25, -0.2) is 0 Å². The molecule has 1 fully saturated rings. The van der Waals surface area contributed by atoms with E-state index in [2.05, 4.69) is 27.2 Å². The molecule has 0 saturated carbocycles. The van der Waals surface area contributed by atoms with Crippen LogP contribution in [-0.4, -0.2) is 54.7 Å². The number of fused-ring (bicyclic) bond motifs is 4. The smallest absolute Gasteiger partial charge is 0.243 e. The van der Waals surface area contributed by atoms with Gasteiger partial charge in [0.15, 0.2) is 0 Å². The molecule has 0 aromatic heterocycles. The van der Waals surface area contributed by atoms with Crippen LogP contribution in [0.2, 0.25) is 0 Å². The number of likely N-dealkylation sites (tertiary alicyclic amines) is 1. The standard InChI is InChI=1S/C24H27N3O3/c28-21-7-6-15(24-17(21)9-12-30-24)3-2-10-26-11-8-20-18(13-26)16-4-1-5-19-23(16)27(20)14-22(29)25-19/h1,4-7,18,20,28H,2-3,8-14H2,(H,25,29)/t18-,20-/m0/s1. The van der Waals surface area contributed by atoms with Gasteiger partial charge in [-0.1, -0.05) is 18.2 Å². The first-order chi connectivity index (χ1) is 14.7. The van der Waals surface area contributed by atoms with Crippen molar-refractivity contribution in [3.63, 3.8) is 0 Å². The fourth-order valence-corrected chi connectivity index (χ4v) is 5.91. The molecule has 4 aliphatic heterocycles. The monoisotopic (exact) mass is 405 g/mol. The lowest BCUT2D eigenvalue weighted by Crippen LogP contribution is -2.49. The highest BCUT2D eigenvalue weighted by Crippen LogP contribution is 2.49. The highest BCUT2D eigenvalue weighted by Gasteiger charge is 2.45. The summed E-state index contributed by atoms with van der Waals surface area (Å²) in [6.07, 6.45) is 3.95. The molecule has 156 valence electrons. The molecule has 2 aromatic rings. The number of aromatic hydroxyl groups is 1. The zero-order valence-corrected chi connectivity index (χ0v) is 17.1. The maximum absolute atomic E-state index is 12.1. The fourth-order valence-electron chi connectivity index (χ4n) is 5.91. The number of ether oxygens (including phenoxy) is 1. The minimum atomic E-state index is 0.103. The number of phenols is 1. The van der Waals surface area contributed by atoms with Crippen molar-refractivity contribution in [1.29, 1.82) is 0 Å². The van der Waals surface area contributed by atoms with E-state index < -0.39 is 0 Å². The first-order valence-electron chi connectivity index (χ1n) is 11.1. The van der Waals surface area contributed by atoms with Crippen LogP contribution in [-0.2, 0) is 17.6 Å². The van der Waals surface area contributed by atoms with Crippen LogP contribution in [0.3, 0.4) is 0 Å². The van der Waals surface area contributed by atoms with Crippen LogP contribution in [0, 0.1) is 0 Å². The molecule has 2 N–H and O–H groups in total. The molecule has 2 aromatic carbocycles. The summed E-state index contributed by atoms with van der Waals surface area (Å²) in [4.78, 5) is 17.1. The number of aryl methyl sites for hydroxylation is 1. The molecule has 1 amide bonds. The number of carbonyl (C=O) groups excluding carboxylic acids is 1. The molecular formula is C24H27N3O3. The Bertz CT molecular complexity index is 1020. The van der Waals surface area contributed by atoms with Gasteiger partial charge in [0.2, 0.25) is 5.91 Å². The number of hydrogen-bond acceptors (Lipinski definition) is 5. The van der Waals surface area contributed by atoms with E-state index in [-0.39, 0.29) is 5.91 Å². The summed E-state index contributed by atoms with van der Waals surface area (Å²) in [6.45, 7) is 4.34. The minimum absolute atomic E-state index is 0.103. The molecule has 1 saturated heterocycles. The summed E-state index contributed by atoms with van der Waals surface area (Å²) in [5.74, 6) is 1.86. The average Bonchev–Trinajstić information content (AvgIpc) is 3.36. The molecule has 6 heteroatoms. The van der Waals surface area contributed by atoms with Gasteiger partial charge >= 0.3 is 0 Å². The number of piperidine rings is 1. The van der Waals surface area contributed by atoms with Gasteiger partial charge in [-0.3, -0.25) is 4.79 Å². The maximum atomic E-state index is 12.1. The zero-order chi connectivity index (χ0) is 20.2. The number of phenolic OH excluding ortho intramolecular Hbond substituents is 1. The third kappa shape index (κ3) is 2.77. The number of nitrogens with zero attached hydrogens (tertiary/aromatic N) is 2. The van der Waals surface area contributed by atoms with Gasteiger partial charge in [-0.05, 0) is 49.1 Å². The fraction of sp³-hybridized carbons (Fsp3) is 0.458. The van der Waals surface area contributed by atoms with Crippen molar-refractivity contribution in [2.75, 3.05) is 43.0 Å². The SMILES string of the molecule is O=C1CN2c3c(cccc3[C@@H]3CN(CCCc4ccc(O)c5c4OCC5)CC[C@@H]32)N1. The second-order valence-corrected chi connectivity index (χ2v) is 8.94. The second kappa shape index (κ2) is 6.91. The van der Waals surface area contributed by atoms with Crippen molar-refractivity contribution in [3.05, 3.63) is 47.0 Å². The Kier molecular flexibility index (Phi) is 4.16. The summed E-state index contributed by atoms with van der Waals surface area (Å²) in [6, 6.07) is 10.6. The minimum Gasteiger partial charge on any atom is -0.508 e. The number of anilines is 2. The number of carbonyl (C=O) groups is 1. The normalized spacial score (nSPS) is 24.1. The van der Waals surface area contributed by atoms with Crippen LogP contribution in [0.25, 0.3) is 0 Å². The Labute approximate surface area is 176 Å². The predicted molar refractivity (Wildman–Crippen MR) is 116 cm³/mol. The van der Waals surface area contributed by atoms with E-state index in [4.69, 9.17) is 4.74 Å². The lowest BCUT2D eigenvalue weighted by molar-refractivity contribution is -0.115. The third-order valence-electron chi connectivity index (χ3n) is 7.24. The van der Waals surface area contributed by atoms with Gasteiger partial charge in [-0.15, -0.1) is 0 Å². The third-order valence-corrected chi connectivity index (χ3v) is 7.24. The molecule has 0 spiro atoms. The van der Waals surface area contributed by atoms with E-state index in [0.29, 0.717) is 30.9 Å². The summed E-state index contributed by atoms with van der Waals surface area (Å²) in [5, 5.41) is 13.1. The summed E-state index contributed by atoms with van der Waals surface area (Å²) < 4.78 is 5.79. The molecule has 0 bridgehead atoms. The Balaban J connectivity index is 1.14. The van der Waals surface area contributed by atoms with E-state index in [9.17, 15) is 9.90 Å². The maximum Gasteiger partial charge on any atom is 0.243 e. The largest absolute Gasteiger partial charge is 0.508 e. The average molecular weight is 405 g/mol. The van der Waals surface area contributed by atoms with Crippen molar-refractivity contribution in [3.8, 4) is 11.5 Å². The quantitative estimate of drug-likeness (QED) is 0.819. The molecule has 4 aliphatic rings. The lowest BCUT2D eigenvalue weighted by Gasteiger charge is -2.39. The van der Waals surface area contributed by atoms with Crippen LogP contribution in [0.4, 0.5) is 11.4 Å². The molecule has 30 heavy (non-hydrogen) atoms. The predicted octanol–water partition coefficient (Wildman–Crippen LogP) is 2.89. The van der Waals surface area contributed by atoms with Crippen LogP contribution >= 0.6 is 0 Å². The van der Waals surface area contributed by atoms with Crippen molar-refractivity contribution < 1.29 is 14.6 Å². The Morgan fingerprint density at radius 1 is 1.23 bits per heavy atom. The van der Waals surface area contributed by atoms with Gasteiger partial charge in [0, 0.05) is 37.0 Å². The first kappa shape index (κ1) is 18.1. The Hall–Kier alpha value is -2.73. The highest BCUT2D eigenvalue weighted by molar-refractivity contribution is 6.03. The number of benzene rings is 2. The molecule has 2 atom stereocenters. The molecule has 0 radical (unpaired) electrons. The molecule has 0 unspecified atom stereocenters. The van der Waals surface area contributed by atoms with E-state index in [0.717, 1.165) is 62.3 Å². The van der Waals surface area contributed by atoms with Gasteiger partial charge in [0.05, 0.1) is 24.5 Å². The van der Waals surface area contributed by atoms with E-state index in [1.54, 1.807) is 0 Å². The molecule has 6 nitrogen and oxygen atoms in total. The summed E-state index contributed by atoms with van der Waals surface area (Å²) in [7, 11) is 0. The van der Waals surface area contributed by atoms with Crippen LogP contribution in [0.15, 0.2) is 30.3 Å². The van der Waals surface area contributed by atoms with Gasteiger partial charge in [0.25, 0.3) is 0 Å². The highest BCUT2D eigenvalue weighted by atomic mass is 16.5. The van der Waals surface area contributed by atoms with Crippen molar-refractivity contribution in [2.45, 2.75) is 37.6 Å². The Morgan fingerprint density at radius 2 is 2.17 bits per heavy atom. The van der Waals surface area contributed by atoms with Gasteiger partial charge in [0.1, 0.15) is 11.5 Å². The number of amides is 1. The second-order valence-electron chi connectivity index (χ2n) is 8.94.